The minimum atomic E-state index is 0.315. The van der Waals surface area contributed by atoms with Crippen LogP contribution in [0.4, 0.5) is 5.82 Å². The Hall–Kier alpha value is -0.610. The van der Waals surface area contributed by atoms with Gasteiger partial charge in [-0.25, -0.2) is 9.97 Å². The Morgan fingerprint density at radius 1 is 1.62 bits per heavy atom. The Morgan fingerprint density at radius 3 is 3.00 bits per heavy atom. The summed E-state index contributed by atoms with van der Waals surface area (Å²) in [5.41, 5.74) is 6.24. The zero-order valence-electron chi connectivity index (χ0n) is 6.87. The van der Waals surface area contributed by atoms with E-state index in [9.17, 15) is 0 Å². The molecule has 0 aliphatic carbocycles. The molecular weight excluding hydrogens is 253 g/mol. The standard InChI is InChI=1S/C8H9BrClN3/c9-4-2-1-3-6-8(11)13-7(10)5-12-6/h1,3,5H,2,4H2,(H2,11,13). The lowest BCUT2D eigenvalue weighted by atomic mass is 10.3. The quantitative estimate of drug-likeness (QED) is 0.852. The van der Waals surface area contributed by atoms with Crippen LogP contribution < -0.4 is 5.73 Å². The lowest BCUT2D eigenvalue weighted by Gasteiger charge is -1.97. The summed E-state index contributed by atoms with van der Waals surface area (Å²) in [6, 6.07) is 0. The molecule has 1 aromatic heterocycles. The van der Waals surface area contributed by atoms with Crippen molar-refractivity contribution in [2.24, 2.45) is 0 Å². The van der Waals surface area contributed by atoms with Crippen molar-refractivity contribution in [2.45, 2.75) is 6.42 Å². The van der Waals surface area contributed by atoms with Crippen molar-refractivity contribution >= 4 is 39.4 Å². The molecule has 0 unspecified atom stereocenters. The molecule has 3 nitrogen and oxygen atoms in total. The lowest BCUT2D eigenvalue weighted by Crippen LogP contribution is -1.96. The molecule has 0 aliphatic rings. The van der Waals surface area contributed by atoms with E-state index in [1.165, 1.54) is 6.20 Å². The number of allylic oxidation sites excluding steroid dienone is 1. The third kappa shape index (κ3) is 3.32. The van der Waals surface area contributed by atoms with Gasteiger partial charge in [-0.1, -0.05) is 33.6 Å². The number of hydrogen-bond donors (Lipinski definition) is 1. The average molecular weight is 263 g/mol. The Bertz CT molecular complexity index is 314. The Balaban J connectivity index is 2.77. The molecule has 1 heterocycles. The fourth-order valence-electron chi connectivity index (χ4n) is 0.777. The number of alkyl halides is 1. The molecule has 0 aliphatic heterocycles. The van der Waals surface area contributed by atoms with E-state index in [1.54, 1.807) is 0 Å². The normalized spacial score (nSPS) is 10.9. The van der Waals surface area contributed by atoms with Crippen molar-refractivity contribution in [1.29, 1.82) is 0 Å². The van der Waals surface area contributed by atoms with E-state index in [1.807, 2.05) is 12.2 Å². The molecule has 0 saturated heterocycles. The average Bonchev–Trinajstić information content (AvgIpc) is 2.09. The van der Waals surface area contributed by atoms with Crippen LogP contribution >= 0.6 is 27.5 Å². The third-order valence-electron chi connectivity index (χ3n) is 1.35. The number of aromatic nitrogens is 2. The van der Waals surface area contributed by atoms with Gasteiger partial charge in [-0.2, -0.15) is 0 Å². The summed E-state index contributed by atoms with van der Waals surface area (Å²) in [7, 11) is 0. The van der Waals surface area contributed by atoms with Crippen LogP contribution in [0.25, 0.3) is 6.08 Å². The summed E-state index contributed by atoms with van der Waals surface area (Å²) >= 11 is 8.91. The molecule has 0 aromatic carbocycles. The zero-order chi connectivity index (χ0) is 9.68. The van der Waals surface area contributed by atoms with Crippen LogP contribution in [0.3, 0.4) is 0 Å². The second-order valence-corrected chi connectivity index (χ2v) is 3.52. The SMILES string of the molecule is Nc1nc(Cl)cnc1C=CCCBr. The number of hydrogen-bond acceptors (Lipinski definition) is 3. The molecule has 5 heteroatoms. The highest BCUT2D eigenvalue weighted by atomic mass is 79.9. The van der Waals surface area contributed by atoms with Gasteiger partial charge in [0.25, 0.3) is 0 Å². The van der Waals surface area contributed by atoms with Gasteiger partial charge < -0.3 is 5.73 Å². The number of nitrogens with zero attached hydrogens (tertiary/aromatic N) is 2. The molecule has 13 heavy (non-hydrogen) atoms. The minimum absolute atomic E-state index is 0.315. The van der Waals surface area contributed by atoms with Crippen molar-refractivity contribution in [3.8, 4) is 0 Å². The molecule has 0 saturated carbocycles. The molecule has 0 amide bonds. The van der Waals surface area contributed by atoms with Crippen LogP contribution in [0.5, 0.6) is 0 Å². The predicted octanol–water partition coefficient (Wildman–Crippen LogP) is 2.51. The topological polar surface area (TPSA) is 51.8 Å². The van der Waals surface area contributed by atoms with Crippen LogP contribution in [0.2, 0.25) is 5.15 Å². The number of rotatable bonds is 3. The molecular formula is C8H9BrClN3. The van der Waals surface area contributed by atoms with Gasteiger partial charge in [-0.05, 0) is 12.5 Å². The molecule has 0 bridgehead atoms. The highest BCUT2D eigenvalue weighted by Gasteiger charge is 1.98. The van der Waals surface area contributed by atoms with E-state index in [-0.39, 0.29) is 0 Å². The van der Waals surface area contributed by atoms with Crippen molar-refractivity contribution in [1.82, 2.24) is 9.97 Å². The van der Waals surface area contributed by atoms with Crippen LogP contribution in [-0.2, 0) is 0 Å². The first-order chi connectivity index (χ1) is 6.24. The summed E-state index contributed by atoms with van der Waals surface area (Å²) in [4.78, 5) is 7.90. The summed E-state index contributed by atoms with van der Waals surface area (Å²) < 4.78 is 0. The molecule has 2 N–H and O–H groups in total. The Labute approximate surface area is 90.2 Å². The van der Waals surface area contributed by atoms with Gasteiger partial charge in [0.05, 0.1) is 6.20 Å². The van der Waals surface area contributed by atoms with Crippen LogP contribution in [0.15, 0.2) is 12.3 Å². The van der Waals surface area contributed by atoms with Gasteiger partial charge in [-0.15, -0.1) is 0 Å². The van der Waals surface area contributed by atoms with Crippen molar-refractivity contribution in [2.75, 3.05) is 11.1 Å². The maximum Gasteiger partial charge on any atom is 0.151 e. The highest BCUT2D eigenvalue weighted by molar-refractivity contribution is 9.09. The molecule has 1 rings (SSSR count). The van der Waals surface area contributed by atoms with E-state index in [2.05, 4.69) is 25.9 Å². The predicted molar refractivity (Wildman–Crippen MR) is 58.9 cm³/mol. The zero-order valence-corrected chi connectivity index (χ0v) is 9.22. The second-order valence-electron chi connectivity index (χ2n) is 2.34. The van der Waals surface area contributed by atoms with Gasteiger partial charge in [0, 0.05) is 5.33 Å². The number of anilines is 1. The van der Waals surface area contributed by atoms with Crippen LogP contribution in [0, 0.1) is 0 Å². The van der Waals surface area contributed by atoms with Gasteiger partial charge >= 0.3 is 0 Å². The molecule has 70 valence electrons. The van der Waals surface area contributed by atoms with Crippen molar-refractivity contribution in [3.63, 3.8) is 0 Å². The first-order valence-electron chi connectivity index (χ1n) is 3.74. The molecule has 0 spiro atoms. The minimum Gasteiger partial charge on any atom is -0.382 e. The molecule has 1 aromatic rings. The van der Waals surface area contributed by atoms with E-state index in [0.29, 0.717) is 16.7 Å². The molecule has 0 radical (unpaired) electrons. The van der Waals surface area contributed by atoms with E-state index >= 15 is 0 Å². The van der Waals surface area contributed by atoms with Gasteiger partial charge in [-0.3, -0.25) is 0 Å². The summed E-state index contributed by atoms with van der Waals surface area (Å²) in [6.45, 7) is 0. The molecule has 0 atom stereocenters. The van der Waals surface area contributed by atoms with Crippen LogP contribution in [-0.4, -0.2) is 15.3 Å². The fourth-order valence-corrected chi connectivity index (χ4v) is 1.18. The Kier molecular flexibility index (Phi) is 4.18. The number of nitrogens with two attached hydrogens (primary N) is 1. The first kappa shape index (κ1) is 10.5. The van der Waals surface area contributed by atoms with Gasteiger partial charge in [0.2, 0.25) is 0 Å². The van der Waals surface area contributed by atoms with Crippen molar-refractivity contribution < 1.29 is 0 Å². The smallest absolute Gasteiger partial charge is 0.151 e. The van der Waals surface area contributed by atoms with Crippen LogP contribution in [0.1, 0.15) is 12.1 Å². The van der Waals surface area contributed by atoms with E-state index < -0.39 is 0 Å². The largest absolute Gasteiger partial charge is 0.382 e. The lowest BCUT2D eigenvalue weighted by molar-refractivity contribution is 1.18. The third-order valence-corrected chi connectivity index (χ3v) is 1.99. The summed E-state index contributed by atoms with van der Waals surface area (Å²) in [5.74, 6) is 0.360. The number of halogens is 2. The maximum atomic E-state index is 5.59. The van der Waals surface area contributed by atoms with Gasteiger partial charge in [0.1, 0.15) is 10.8 Å². The second kappa shape index (κ2) is 5.19. The van der Waals surface area contributed by atoms with Gasteiger partial charge in [0.15, 0.2) is 5.82 Å². The highest BCUT2D eigenvalue weighted by Crippen LogP contribution is 2.11. The first-order valence-corrected chi connectivity index (χ1v) is 5.24. The Morgan fingerprint density at radius 2 is 2.38 bits per heavy atom. The maximum absolute atomic E-state index is 5.59. The summed E-state index contributed by atoms with van der Waals surface area (Å²) in [5, 5.41) is 1.24. The number of nitrogen functional groups attached to an aromatic ring is 1. The summed E-state index contributed by atoms with van der Waals surface area (Å²) in [6.07, 6.45) is 6.22. The van der Waals surface area contributed by atoms with E-state index in [0.717, 1.165) is 11.8 Å². The van der Waals surface area contributed by atoms with Crippen molar-refractivity contribution in [3.05, 3.63) is 23.1 Å². The van der Waals surface area contributed by atoms with E-state index in [4.69, 9.17) is 17.3 Å². The fraction of sp³-hybridized carbons (Fsp3) is 0.250. The molecule has 0 fully saturated rings. The monoisotopic (exact) mass is 261 g/mol.